The standard InChI is InChI=1S/C23H25ClN2O2/c1-28-18-7-4-6-16(12-18)14-25-15-17-13-21(19-8-2-3-9-20(19)24)26-11-5-10-23(17,26)22(25)27/h2-4,6-9,12,17,21H,5,10-11,13-15H2,1H3/t17-,21-,23-/m0/s1. The van der Waals surface area contributed by atoms with Crippen LogP contribution in [0.1, 0.15) is 36.4 Å². The van der Waals surface area contributed by atoms with Crippen LogP contribution in [0, 0.1) is 5.92 Å². The van der Waals surface area contributed by atoms with Crippen LogP contribution in [0.25, 0.3) is 0 Å². The molecule has 0 aliphatic carbocycles. The molecule has 5 rings (SSSR count). The zero-order valence-corrected chi connectivity index (χ0v) is 16.9. The highest BCUT2D eigenvalue weighted by Crippen LogP contribution is 2.56. The number of carbonyl (C=O) groups excluding carboxylic acids is 1. The quantitative estimate of drug-likeness (QED) is 0.773. The Hall–Kier alpha value is -2.04. The number of carbonyl (C=O) groups is 1. The molecule has 3 aliphatic rings. The van der Waals surface area contributed by atoms with Crippen molar-refractivity contribution in [2.24, 2.45) is 5.92 Å². The van der Waals surface area contributed by atoms with Crippen molar-refractivity contribution in [3.63, 3.8) is 0 Å². The Labute approximate surface area is 171 Å². The number of ether oxygens (including phenoxy) is 1. The highest BCUT2D eigenvalue weighted by Gasteiger charge is 2.65. The maximum atomic E-state index is 13.6. The first kappa shape index (κ1) is 18.0. The lowest BCUT2D eigenvalue weighted by Crippen LogP contribution is -2.49. The van der Waals surface area contributed by atoms with Gasteiger partial charge in [0.05, 0.1) is 7.11 Å². The largest absolute Gasteiger partial charge is 0.497 e. The molecule has 1 spiro atoms. The van der Waals surface area contributed by atoms with Gasteiger partial charge < -0.3 is 9.64 Å². The second kappa shape index (κ2) is 6.78. The van der Waals surface area contributed by atoms with Gasteiger partial charge in [-0.2, -0.15) is 0 Å². The summed E-state index contributed by atoms with van der Waals surface area (Å²) in [6, 6.07) is 16.4. The van der Waals surface area contributed by atoms with Crippen molar-refractivity contribution in [1.29, 1.82) is 0 Å². The van der Waals surface area contributed by atoms with Crippen LogP contribution in [0.15, 0.2) is 48.5 Å². The number of amides is 1. The molecule has 3 aliphatic heterocycles. The highest BCUT2D eigenvalue weighted by atomic mass is 35.5. The summed E-state index contributed by atoms with van der Waals surface area (Å²) in [5.41, 5.74) is 1.96. The van der Waals surface area contributed by atoms with E-state index in [4.69, 9.17) is 16.3 Å². The Morgan fingerprint density at radius 1 is 1.21 bits per heavy atom. The molecule has 0 radical (unpaired) electrons. The van der Waals surface area contributed by atoms with Gasteiger partial charge in [0, 0.05) is 30.1 Å². The third-order valence-electron chi connectivity index (χ3n) is 6.90. The topological polar surface area (TPSA) is 32.8 Å². The number of rotatable bonds is 4. The normalized spacial score (nSPS) is 29.2. The molecule has 0 unspecified atom stereocenters. The molecule has 2 aromatic carbocycles. The average Bonchev–Trinajstić information content (AvgIpc) is 3.34. The lowest BCUT2D eigenvalue weighted by Gasteiger charge is -2.34. The van der Waals surface area contributed by atoms with Crippen molar-refractivity contribution in [3.8, 4) is 5.75 Å². The van der Waals surface area contributed by atoms with Gasteiger partial charge in [0.15, 0.2) is 0 Å². The molecule has 3 heterocycles. The van der Waals surface area contributed by atoms with Gasteiger partial charge in [0.2, 0.25) is 5.91 Å². The zero-order valence-electron chi connectivity index (χ0n) is 16.1. The van der Waals surface area contributed by atoms with Crippen molar-refractivity contribution in [3.05, 3.63) is 64.7 Å². The van der Waals surface area contributed by atoms with E-state index in [0.29, 0.717) is 18.4 Å². The van der Waals surface area contributed by atoms with E-state index in [-0.39, 0.29) is 11.6 Å². The van der Waals surface area contributed by atoms with Crippen LogP contribution in [0.2, 0.25) is 5.02 Å². The van der Waals surface area contributed by atoms with Crippen molar-refractivity contribution >= 4 is 17.5 Å². The Balaban J connectivity index is 1.42. The fraction of sp³-hybridized carbons (Fsp3) is 0.435. The van der Waals surface area contributed by atoms with E-state index in [1.807, 2.05) is 30.3 Å². The molecule has 4 nitrogen and oxygen atoms in total. The third-order valence-corrected chi connectivity index (χ3v) is 7.24. The molecule has 0 saturated carbocycles. The number of hydrogen-bond acceptors (Lipinski definition) is 3. The van der Waals surface area contributed by atoms with E-state index in [0.717, 1.165) is 48.7 Å². The molecule has 2 aromatic rings. The molecular weight excluding hydrogens is 372 g/mol. The molecule has 3 fully saturated rings. The molecule has 3 saturated heterocycles. The first-order chi connectivity index (χ1) is 13.6. The van der Waals surface area contributed by atoms with Crippen LogP contribution in [-0.4, -0.2) is 41.4 Å². The third kappa shape index (κ3) is 2.58. The van der Waals surface area contributed by atoms with E-state index in [9.17, 15) is 4.79 Å². The number of benzene rings is 2. The number of methoxy groups -OCH3 is 1. The summed E-state index contributed by atoms with van der Waals surface area (Å²) in [6.45, 7) is 2.46. The Bertz CT molecular complexity index is 917. The molecule has 146 valence electrons. The Morgan fingerprint density at radius 3 is 2.89 bits per heavy atom. The van der Waals surface area contributed by atoms with Crippen LogP contribution in [0.4, 0.5) is 0 Å². The maximum Gasteiger partial charge on any atom is 0.243 e. The van der Waals surface area contributed by atoms with Crippen molar-refractivity contribution in [2.75, 3.05) is 20.2 Å². The Morgan fingerprint density at radius 2 is 2.07 bits per heavy atom. The summed E-state index contributed by atoms with van der Waals surface area (Å²) < 4.78 is 5.34. The second-order valence-electron chi connectivity index (χ2n) is 8.23. The van der Waals surface area contributed by atoms with Crippen LogP contribution >= 0.6 is 11.6 Å². The van der Waals surface area contributed by atoms with Gasteiger partial charge in [-0.15, -0.1) is 0 Å². The maximum absolute atomic E-state index is 13.6. The first-order valence-corrected chi connectivity index (χ1v) is 10.4. The summed E-state index contributed by atoms with van der Waals surface area (Å²) >= 11 is 6.52. The van der Waals surface area contributed by atoms with Gasteiger partial charge in [-0.3, -0.25) is 9.69 Å². The van der Waals surface area contributed by atoms with Crippen LogP contribution in [0.3, 0.4) is 0 Å². The van der Waals surface area contributed by atoms with Gasteiger partial charge in [-0.05, 0) is 55.1 Å². The van der Waals surface area contributed by atoms with Crippen LogP contribution in [-0.2, 0) is 11.3 Å². The minimum atomic E-state index is -0.331. The molecule has 0 bridgehead atoms. The van der Waals surface area contributed by atoms with Gasteiger partial charge in [-0.1, -0.05) is 41.9 Å². The lowest BCUT2D eigenvalue weighted by atomic mass is 9.85. The predicted octanol–water partition coefficient (Wildman–Crippen LogP) is 4.29. The molecule has 0 aromatic heterocycles. The van der Waals surface area contributed by atoms with Gasteiger partial charge in [0.1, 0.15) is 11.3 Å². The number of likely N-dealkylation sites (tertiary alicyclic amines) is 1. The fourth-order valence-corrected chi connectivity index (χ4v) is 6.01. The van der Waals surface area contributed by atoms with Crippen molar-refractivity contribution in [2.45, 2.75) is 37.4 Å². The van der Waals surface area contributed by atoms with Crippen LogP contribution < -0.4 is 4.74 Å². The Kier molecular flexibility index (Phi) is 4.37. The number of nitrogens with zero attached hydrogens (tertiary/aromatic N) is 2. The van der Waals surface area contributed by atoms with E-state index < -0.39 is 0 Å². The van der Waals surface area contributed by atoms with Gasteiger partial charge >= 0.3 is 0 Å². The zero-order chi connectivity index (χ0) is 19.3. The minimum absolute atomic E-state index is 0.254. The summed E-state index contributed by atoms with van der Waals surface area (Å²) in [4.78, 5) is 18.2. The van der Waals surface area contributed by atoms with E-state index in [1.165, 1.54) is 5.56 Å². The summed E-state index contributed by atoms with van der Waals surface area (Å²) in [7, 11) is 1.68. The van der Waals surface area contributed by atoms with Crippen molar-refractivity contribution in [1.82, 2.24) is 9.80 Å². The smallest absolute Gasteiger partial charge is 0.243 e. The van der Waals surface area contributed by atoms with E-state index >= 15 is 0 Å². The monoisotopic (exact) mass is 396 g/mol. The molecule has 3 atom stereocenters. The second-order valence-corrected chi connectivity index (χ2v) is 8.64. The summed E-state index contributed by atoms with van der Waals surface area (Å²) in [5, 5.41) is 0.815. The minimum Gasteiger partial charge on any atom is -0.497 e. The molecule has 28 heavy (non-hydrogen) atoms. The molecule has 1 amide bonds. The van der Waals surface area contributed by atoms with E-state index in [2.05, 4.69) is 28.0 Å². The van der Waals surface area contributed by atoms with Crippen molar-refractivity contribution < 1.29 is 9.53 Å². The first-order valence-electron chi connectivity index (χ1n) is 10.1. The average molecular weight is 397 g/mol. The fourth-order valence-electron chi connectivity index (χ4n) is 5.75. The predicted molar refractivity (Wildman–Crippen MR) is 109 cm³/mol. The van der Waals surface area contributed by atoms with E-state index in [1.54, 1.807) is 7.11 Å². The van der Waals surface area contributed by atoms with Crippen LogP contribution in [0.5, 0.6) is 5.75 Å². The molecule has 0 N–H and O–H groups in total. The number of hydrogen-bond donors (Lipinski definition) is 0. The summed E-state index contributed by atoms with van der Waals surface area (Å²) in [5.74, 6) is 1.51. The highest BCUT2D eigenvalue weighted by molar-refractivity contribution is 6.31. The summed E-state index contributed by atoms with van der Waals surface area (Å²) in [6.07, 6.45) is 3.05. The molecule has 5 heteroatoms. The van der Waals surface area contributed by atoms with Gasteiger partial charge in [-0.25, -0.2) is 0 Å². The SMILES string of the molecule is COc1cccc(CN2C[C@@H]3C[C@@H](c4ccccc4Cl)N4CCC[C@@]34C2=O)c1. The molecular formula is C23H25ClN2O2. The number of halogens is 1. The lowest BCUT2D eigenvalue weighted by molar-refractivity contribution is -0.137. The van der Waals surface area contributed by atoms with Gasteiger partial charge in [0.25, 0.3) is 0 Å².